The van der Waals surface area contributed by atoms with Crippen LogP contribution in [0.5, 0.6) is 11.5 Å². The van der Waals surface area contributed by atoms with Crippen LogP contribution < -0.4 is 14.8 Å². The minimum Gasteiger partial charge on any atom is -0.494 e. The van der Waals surface area contributed by atoms with Gasteiger partial charge in [-0.25, -0.2) is 4.79 Å². The summed E-state index contributed by atoms with van der Waals surface area (Å²) in [5, 5.41) is 47.3. The fourth-order valence-corrected chi connectivity index (χ4v) is 3.20. The molecule has 0 aromatic heterocycles. The summed E-state index contributed by atoms with van der Waals surface area (Å²) in [5.74, 6) is -2.53. The minimum atomic E-state index is -1.34. The third kappa shape index (κ3) is 9.51. The second-order valence-corrected chi connectivity index (χ2v) is 8.20. The van der Waals surface area contributed by atoms with Crippen molar-refractivity contribution in [3.05, 3.63) is 76.8 Å². The molecule has 1 atom stereocenters. The molecule has 0 radical (unpaired) electrons. The van der Waals surface area contributed by atoms with Crippen LogP contribution in [0.25, 0.3) is 0 Å². The van der Waals surface area contributed by atoms with Crippen LogP contribution in [0, 0.1) is 10.1 Å². The van der Waals surface area contributed by atoms with Gasteiger partial charge in [0.1, 0.15) is 23.2 Å². The van der Waals surface area contributed by atoms with E-state index in [2.05, 4.69) is 25.8 Å². The third-order valence-corrected chi connectivity index (χ3v) is 5.26. The van der Waals surface area contributed by atoms with E-state index < -0.39 is 41.8 Å². The zero-order valence-electron chi connectivity index (χ0n) is 21.5. The lowest BCUT2D eigenvalue weighted by Crippen LogP contribution is -2.43. The van der Waals surface area contributed by atoms with Crippen molar-refractivity contribution in [2.24, 2.45) is 20.5 Å². The fourth-order valence-electron chi connectivity index (χ4n) is 3.20. The fraction of sp³-hybridized carbons (Fsp3) is 0.192. The van der Waals surface area contributed by atoms with Gasteiger partial charge in [0.2, 0.25) is 0 Å². The highest BCUT2D eigenvalue weighted by molar-refractivity contribution is 5.84. The number of amides is 1. The molecule has 0 aliphatic heterocycles. The standard InChI is InChI=1S/C26H24N6O9/c1-40-23-14-18(30-28-16-2-7-19(8-3-16)32(38)39)6-11-21(23)31-29-17-4-9-20(10-5-17)41-15-24(33)27-22(26(36)37)12-13-25(34)35/h2-11,14,22H,12-13,15H2,1H3,(H,27,33)(H,34,35)(H,36,37)/t22-/m1/s1. The van der Waals surface area contributed by atoms with Gasteiger partial charge in [0.05, 0.1) is 29.1 Å². The quantitative estimate of drug-likeness (QED) is 0.132. The number of azo groups is 2. The Morgan fingerprint density at radius 1 is 0.902 bits per heavy atom. The molecule has 0 saturated carbocycles. The van der Waals surface area contributed by atoms with Crippen LogP contribution in [0.15, 0.2) is 87.2 Å². The molecule has 0 unspecified atom stereocenters. The Hall–Kier alpha value is -5.73. The normalized spacial score (nSPS) is 11.7. The van der Waals surface area contributed by atoms with E-state index in [0.717, 1.165) is 0 Å². The van der Waals surface area contributed by atoms with Gasteiger partial charge in [-0.3, -0.25) is 19.7 Å². The highest BCUT2D eigenvalue weighted by atomic mass is 16.6. The zero-order valence-corrected chi connectivity index (χ0v) is 21.5. The maximum absolute atomic E-state index is 12.0. The van der Waals surface area contributed by atoms with Gasteiger partial charge in [-0.1, -0.05) is 0 Å². The van der Waals surface area contributed by atoms with Crippen LogP contribution in [0.3, 0.4) is 0 Å². The third-order valence-electron chi connectivity index (χ3n) is 5.26. The summed E-state index contributed by atoms with van der Waals surface area (Å²) in [6, 6.07) is 15.4. The van der Waals surface area contributed by atoms with Crippen molar-refractivity contribution in [2.45, 2.75) is 18.9 Å². The van der Waals surface area contributed by atoms with Crippen LogP contribution in [0.2, 0.25) is 0 Å². The summed E-state index contributed by atoms with van der Waals surface area (Å²) < 4.78 is 10.7. The summed E-state index contributed by atoms with van der Waals surface area (Å²) in [6.45, 7) is -0.469. The van der Waals surface area contributed by atoms with E-state index in [0.29, 0.717) is 34.2 Å². The number of nitro benzene ring substituents is 1. The number of nitrogens with zero attached hydrogens (tertiary/aromatic N) is 5. The lowest BCUT2D eigenvalue weighted by atomic mass is 10.1. The number of ether oxygens (including phenoxy) is 2. The van der Waals surface area contributed by atoms with E-state index in [1.807, 2.05) is 0 Å². The van der Waals surface area contributed by atoms with Gasteiger partial charge in [-0.15, -0.1) is 5.11 Å². The van der Waals surface area contributed by atoms with Crippen molar-refractivity contribution < 1.29 is 39.0 Å². The smallest absolute Gasteiger partial charge is 0.326 e. The molecule has 0 heterocycles. The molecule has 3 aromatic carbocycles. The number of rotatable bonds is 14. The van der Waals surface area contributed by atoms with Gasteiger partial charge < -0.3 is 25.0 Å². The SMILES string of the molecule is COc1cc(N=Nc2ccc([N+](=O)[O-])cc2)ccc1N=Nc1ccc(OCC(=O)N[C@H](CCC(=O)O)C(=O)O)cc1. The highest BCUT2D eigenvalue weighted by Crippen LogP contribution is 2.34. The van der Waals surface area contributed by atoms with E-state index >= 15 is 0 Å². The number of benzene rings is 3. The molecule has 0 saturated heterocycles. The van der Waals surface area contributed by atoms with Gasteiger partial charge in [-0.05, 0) is 55.0 Å². The maximum Gasteiger partial charge on any atom is 0.326 e. The average Bonchev–Trinajstić information content (AvgIpc) is 2.96. The van der Waals surface area contributed by atoms with Crippen LogP contribution in [0.1, 0.15) is 12.8 Å². The molecule has 41 heavy (non-hydrogen) atoms. The van der Waals surface area contributed by atoms with Crippen molar-refractivity contribution in [3.8, 4) is 11.5 Å². The van der Waals surface area contributed by atoms with Crippen molar-refractivity contribution in [2.75, 3.05) is 13.7 Å². The number of non-ortho nitro benzene ring substituents is 1. The van der Waals surface area contributed by atoms with Gasteiger partial charge in [0.25, 0.3) is 11.6 Å². The molecular weight excluding hydrogens is 540 g/mol. The number of nitrogens with one attached hydrogen (secondary N) is 1. The second-order valence-electron chi connectivity index (χ2n) is 8.20. The molecular formula is C26H24N6O9. The predicted octanol–water partition coefficient (Wildman–Crippen LogP) is 5.25. The largest absolute Gasteiger partial charge is 0.494 e. The molecule has 1 amide bonds. The van der Waals surface area contributed by atoms with Crippen LogP contribution in [-0.4, -0.2) is 52.7 Å². The molecule has 212 valence electrons. The second kappa shape index (κ2) is 14.4. The van der Waals surface area contributed by atoms with E-state index in [4.69, 9.17) is 19.7 Å². The molecule has 0 aliphatic rings. The molecule has 3 aromatic rings. The zero-order chi connectivity index (χ0) is 29.8. The van der Waals surface area contributed by atoms with Crippen molar-refractivity contribution in [3.63, 3.8) is 0 Å². The first-order chi connectivity index (χ1) is 19.6. The van der Waals surface area contributed by atoms with Crippen LogP contribution in [0.4, 0.5) is 28.4 Å². The molecule has 0 spiro atoms. The summed E-state index contributed by atoms with van der Waals surface area (Å²) in [7, 11) is 1.46. The highest BCUT2D eigenvalue weighted by Gasteiger charge is 2.21. The number of nitro groups is 1. The first-order valence-corrected chi connectivity index (χ1v) is 11.9. The monoisotopic (exact) mass is 564 g/mol. The Morgan fingerprint density at radius 3 is 2.07 bits per heavy atom. The van der Waals surface area contributed by atoms with E-state index in [1.165, 1.54) is 31.4 Å². The van der Waals surface area contributed by atoms with Gasteiger partial charge in [0, 0.05) is 24.6 Å². The Labute approximate surface area is 232 Å². The van der Waals surface area contributed by atoms with E-state index in [-0.39, 0.29) is 12.1 Å². The van der Waals surface area contributed by atoms with Gasteiger partial charge in [-0.2, -0.15) is 15.3 Å². The Morgan fingerprint density at radius 2 is 1.49 bits per heavy atom. The average molecular weight is 565 g/mol. The van der Waals surface area contributed by atoms with Crippen molar-refractivity contribution >= 4 is 46.3 Å². The number of aliphatic carboxylic acids is 2. The molecule has 3 N–H and O–H groups in total. The number of hydrogen-bond donors (Lipinski definition) is 3. The van der Waals surface area contributed by atoms with Crippen LogP contribution in [-0.2, 0) is 14.4 Å². The molecule has 0 bridgehead atoms. The number of methoxy groups -OCH3 is 1. The summed E-state index contributed by atoms with van der Waals surface area (Å²) in [5.41, 5.74) is 1.72. The summed E-state index contributed by atoms with van der Waals surface area (Å²) in [4.78, 5) is 44.1. The molecule has 15 nitrogen and oxygen atoms in total. The van der Waals surface area contributed by atoms with E-state index in [1.54, 1.807) is 42.5 Å². The maximum atomic E-state index is 12.0. The topological polar surface area (TPSA) is 215 Å². The Kier molecular flexibility index (Phi) is 10.5. The number of carboxylic acids is 2. The molecule has 15 heteroatoms. The van der Waals surface area contributed by atoms with Gasteiger partial charge in [0.15, 0.2) is 6.61 Å². The minimum absolute atomic E-state index is 0.0488. The van der Waals surface area contributed by atoms with Crippen LogP contribution >= 0.6 is 0 Å². The summed E-state index contributed by atoms with van der Waals surface area (Å²) in [6.07, 6.45) is -0.657. The summed E-state index contributed by atoms with van der Waals surface area (Å²) >= 11 is 0. The Bertz CT molecular complexity index is 1460. The van der Waals surface area contributed by atoms with Crippen molar-refractivity contribution in [1.29, 1.82) is 0 Å². The Balaban J connectivity index is 1.57. The molecule has 3 rings (SSSR count). The van der Waals surface area contributed by atoms with Gasteiger partial charge >= 0.3 is 11.9 Å². The number of carboxylic acid groups (broad SMARTS) is 2. The lowest BCUT2D eigenvalue weighted by Gasteiger charge is -2.14. The first kappa shape index (κ1) is 29.8. The predicted molar refractivity (Wildman–Crippen MR) is 143 cm³/mol. The van der Waals surface area contributed by atoms with E-state index in [9.17, 15) is 24.5 Å². The van der Waals surface area contributed by atoms with Crippen molar-refractivity contribution in [1.82, 2.24) is 5.32 Å². The molecule has 0 aliphatic carbocycles. The number of carbonyl (C=O) groups is 3. The molecule has 0 fully saturated rings. The lowest BCUT2D eigenvalue weighted by molar-refractivity contribution is -0.384. The first-order valence-electron chi connectivity index (χ1n) is 11.9. The number of carbonyl (C=O) groups excluding carboxylic acids is 1. The number of hydrogen-bond acceptors (Lipinski definition) is 11.